The average molecular weight is 484 g/mol. The number of hydrogen-bond donors (Lipinski definition) is 0. The smallest absolute Gasteiger partial charge is 0.178 e. The second-order valence-electron chi connectivity index (χ2n) is 5.45. The van der Waals surface area contributed by atoms with Crippen molar-refractivity contribution in [3.63, 3.8) is 0 Å². The van der Waals surface area contributed by atoms with Crippen molar-refractivity contribution < 1.29 is 19.1 Å². The highest BCUT2D eigenvalue weighted by molar-refractivity contribution is 9.12. The number of hydrogen-bond acceptors (Lipinski definition) is 4. The number of Topliss-reactive ketones (excluding diaryl/α,β-unsaturated/α-hetero) is 2. The number of ether oxygens (including phenoxy) is 2. The van der Waals surface area contributed by atoms with Gasteiger partial charge in [0.25, 0.3) is 0 Å². The van der Waals surface area contributed by atoms with Crippen molar-refractivity contribution in [3.05, 3.63) is 59.7 Å². The summed E-state index contributed by atoms with van der Waals surface area (Å²) in [6.45, 7) is 4.92. The van der Waals surface area contributed by atoms with Crippen LogP contribution in [0.25, 0.3) is 0 Å². The van der Waals surface area contributed by atoms with Gasteiger partial charge in [-0.05, 0) is 62.4 Å². The van der Waals surface area contributed by atoms with E-state index in [1.165, 1.54) is 0 Å². The molecule has 0 aromatic heterocycles. The van der Waals surface area contributed by atoms with Gasteiger partial charge in [-0.15, -0.1) is 0 Å². The molecule has 0 fully saturated rings. The standard InChI is InChI=1S/C20H20Br2O4/c1-3-25-15-9-5-13(6-10-15)19(23)17(21)18(22)20(24)14-7-11-16(12-8-14)26-4-2/h5-12,17-18H,3-4H2,1-2H3. The van der Waals surface area contributed by atoms with Gasteiger partial charge in [-0.25, -0.2) is 0 Å². The second-order valence-corrected chi connectivity index (χ2v) is 7.42. The summed E-state index contributed by atoms with van der Waals surface area (Å²) in [6.07, 6.45) is 0. The zero-order chi connectivity index (χ0) is 19.1. The molecule has 2 unspecified atom stereocenters. The quantitative estimate of drug-likeness (QED) is 0.368. The number of benzene rings is 2. The second kappa shape index (κ2) is 9.88. The van der Waals surface area contributed by atoms with Gasteiger partial charge < -0.3 is 9.47 Å². The van der Waals surface area contributed by atoms with Crippen molar-refractivity contribution in [3.8, 4) is 11.5 Å². The predicted molar refractivity (Wildman–Crippen MR) is 109 cm³/mol. The molecular formula is C20H20Br2O4. The lowest BCUT2D eigenvalue weighted by molar-refractivity contribution is 0.0934. The Morgan fingerprint density at radius 3 is 1.31 bits per heavy atom. The van der Waals surface area contributed by atoms with Crippen LogP contribution in [0.15, 0.2) is 48.5 Å². The van der Waals surface area contributed by atoms with E-state index in [9.17, 15) is 9.59 Å². The maximum atomic E-state index is 12.6. The van der Waals surface area contributed by atoms with E-state index in [1.807, 2.05) is 13.8 Å². The minimum atomic E-state index is -0.681. The van der Waals surface area contributed by atoms with E-state index in [1.54, 1.807) is 48.5 Å². The fourth-order valence-corrected chi connectivity index (χ4v) is 3.36. The molecule has 0 radical (unpaired) electrons. The Bertz CT molecular complexity index is 676. The van der Waals surface area contributed by atoms with Gasteiger partial charge in [0.15, 0.2) is 11.6 Å². The zero-order valence-electron chi connectivity index (χ0n) is 14.6. The van der Waals surface area contributed by atoms with Crippen molar-refractivity contribution in [1.82, 2.24) is 0 Å². The summed E-state index contributed by atoms with van der Waals surface area (Å²) in [7, 11) is 0. The van der Waals surface area contributed by atoms with E-state index in [-0.39, 0.29) is 11.6 Å². The number of halogens is 2. The van der Waals surface area contributed by atoms with Crippen LogP contribution in [0.5, 0.6) is 11.5 Å². The summed E-state index contributed by atoms with van der Waals surface area (Å²) in [6, 6.07) is 13.8. The molecule has 2 atom stereocenters. The molecular weight excluding hydrogens is 464 g/mol. The molecule has 138 valence electrons. The van der Waals surface area contributed by atoms with Gasteiger partial charge in [0.05, 0.1) is 22.9 Å². The monoisotopic (exact) mass is 482 g/mol. The van der Waals surface area contributed by atoms with Crippen LogP contribution >= 0.6 is 31.9 Å². The third kappa shape index (κ3) is 5.17. The van der Waals surface area contributed by atoms with E-state index in [0.29, 0.717) is 35.8 Å². The Morgan fingerprint density at radius 2 is 1.04 bits per heavy atom. The number of rotatable bonds is 9. The number of carbonyl (C=O) groups is 2. The summed E-state index contributed by atoms with van der Waals surface area (Å²) in [4.78, 5) is 23.9. The summed E-state index contributed by atoms with van der Waals surface area (Å²) in [5.74, 6) is 1.07. The molecule has 2 aromatic carbocycles. The van der Waals surface area contributed by atoms with Gasteiger partial charge in [-0.2, -0.15) is 0 Å². The van der Waals surface area contributed by atoms with Gasteiger partial charge in [0, 0.05) is 11.1 Å². The molecule has 0 spiro atoms. The summed E-state index contributed by atoms with van der Waals surface area (Å²) >= 11 is 6.72. The number of ketones is 2. The van der Waals surface area contributed by atoms with Crippen molar-refractivity contribution in [1.29, 1.82) is 0 Å². The van der Waals surface area contributed by atoms with Crippen molar-refractivity contribution in [2.45, 2.75) is 23.5 Å². The minimum absolute atomic E-state index is 0.172. The lowest BCUT2D eigenvalue weighted by Crippen LogP contribution is -2.31. The molecule has 2 aromatic rings. The maximum Gasteiger partial charge on any atom is 0.178 e. The van der Waals surface area contributed by atoms with Gasteiger partial charge in [-0.1, -0.05) is 31.9 Å². The lowest BCUT2D eigenvalue weighted by Gasteiger charge is -2.15. The molecule has 0 aliphatic carbocycles. The fraction of sp³-hybridized carbons (Fsp3) is 0.300. The van der Waals surface area contributed by atoms with Crippen molar-refractivity contribution in [2.75, 3.05) is 13.2 Å². The third-order valence-electron chi connectivity index (χ3n) is 3.66. The SMILES string of the molecule is CCOc1ccc(C(=O)C(Br)C(Br)C(=O)c2ccc(OCC)cc2)cc1. The lowest BCUT2D eigenvalue weighted by atomic mass is 10.0. The molecule has 0 N–H and O–H groups in total. The Morgan fingerprint density at radius 1 is 0.731 bits per heavy atom. The molecule has 0 saturated heterocycles. The molecule has 0 bridgehead atoms. The van der Waals surface area contributed by atoms with Crippen molar-refractivity contribution >= 4 is 43.4 Å². The van der Waals surface area contributed by atoms with Crippen LogP contribution in [0.1, 0.15) is 34.6 Å². The van der Waals surface area contributed by atoms with Crippen LogP contribution in [0.3, 0.4) is 0 Å². The van der Waals surface area contributed by atoms with E-state index in [4.69, 9.17) is 9.47 Å². The minimum Gasteiger partial charge on any atom is -0.494 e. The highest BCUT2D eigenvalue weighted by Crippen LogP contribution is 2.25. The molecule has 2 rings (SSSR count). The first-order valence-electron chi connectivity index (χ1n) is 8.30. The normalized spacial score (nSPS) is 12.9. The maximum absolute atomic E-state index is 12.6. The molecule has 0 heterocycles. The molecule has 26 heavy (non-hydrogen) atoms. The van der Waals surface area contributed by atoms with E-state index in [0.717, 1.165) is 0 Å². The third-order valence-corrected chi connectivity index (χ3v) is 6.26. The van der Waals surface area contributed by atoms with Crippen LogP contribution in [-0.4, -0.2) is 34.4 Å². The number of carbonyl (C=O) groups excluding carboxylic acids is 2. The first kappa shape index (κ1) is 20.6. The van der Waals surface area contributed by atoms with Crippen LogP contribution < -0.4 is 9.47 Å². The Kier molecular flexibility index (Phi) is 7.85. The Hall–Kier alpha value is -1.66. The van der Waals surface area contributed by atoms with E-state index in [2.05, 4.69) is 31.9 Å². The topological polar surface area (TPSA) is 52.6 Å². The zero-order valence-corrected chi connectivity index (χ0v) is 17.7. The molecule has 0 aliphatic heterocycles. The predicted octanol–water partition coefficient (Wildman–Crippen LogP) is 5.08. The first-order chi connectivity index (χ1) is 12.5. The first-order valence-corrected chi connectivity index (χ1v) is 10.1. The summed E-state index contributed by atoms with van der Waals surface area (Å²) in [5, 5.41) is 0. The van der Waals surface area contributed by atoms with E-state index < -0.39 is 9.65 Å². The van der Waals surface area contributed by atoms with Crippen LogP contribution in [0, 0.1) is 0 Å². The number of alkyl halides is 2. The highest BCUT2D eigenvalue weighted by Gasteiger charge is 2.30. The van der Waals surface area contributed by atoms with Crippen LogP contribution in [0.2, 0.25) is 0 Å². The molecule has 0 aliphatic rings. The summed E-state index contributed by atoms with van der Waals surface area (Å²) < 4.78 is 10.7. The van der Waals surface area contributed by atoms with Gasteiger partial charge >= 0.3 is 0 Å². The fourth-order valence-electron chi connectivity index (χ4n) is 2.35. The molecule has 0 saturated carbocycles. The molecule has 0 amide bonds. The van der Waals surface area contributed by atoms with Gasteiger partial charge in [0.2, 0.25) is 0 Å². The van der Waals surface area contributed by atoms with Gasteiger partial charge in [0.1, 0.15) is 11.5 Å². The van der Waals surface area contributed by atoms with Crippen molar-refractivity contribution in [2.24, 2.45) is 0 Å². The molecule has 4 nitrogen and oxygen atoms in total. The van der Waals surface area contributed by atoms with Gasteiger partial charge in [-0.3, -0.25) is 9.59 Å². The van der Waals surface area contributed by atoms with Crippen LogP contribution in [0.4, 0.5) is 0 Å². The summed E-state index contributed by atoms with van der Waals surface area (Å²) in [5.41, 5.74) is 1.03. The Labute approximate surface area is 170 Å². The van der Waals surface area contributed by atoms with E-state index >= 15 is 0 Å². The average Bonchev–Trinajstić information content (AvgIpc) is 2.67. The molecule has 6 heteroatoms. The Balaban J connectivity index is 2.08. The highest BCUT2D eigenvalue weighted by atomic mass is 79.9. The largest absolute Gasteiger partial charge is 0.494 e. The van der Waals surface area contributed by atoms with Crippen LogP contribution in [-0.2, 0) is 0 Å².